The monoisotopic (exact) mass is 2030 g/mol. The number of para-hydroxylation sites is 4. The van der Waals surface area contributed by atoms with Crippen molar-refractivity contribution in [2.24, 2.45) is 0 Å². The summed E-state index contributed by atoms with van der Waals surface area (Å²) in [7, 11) is 12.9. The van der Waals surface area contributed by atoms with Crippen LogP contribution in [0.4, 0.5) is 0 Å². The molecule has 0 spiro atoms. The minimum Gasteiger partial charge on any atom is -0.480 e. The summed E-state index contributed by atoms with van der Waals surface area (Å²) in [6.45, 7) is 24.0. The van der Waals surface area contributed by atoms with Gasteiger partial charge in [0.15, 0.2) is 0 Å². The fraction of sp³-hybridized carbons (Fsp3) is 0.417. The number of aliphatic carboxylic acids is 1. The first-order valence-electron chi connectivity index (χ1n) is 47.0. The van der Waals surface area contributed by atoms with Crippen LogP contribution in [0.15, 0.2) is 213 Å². The number of H-pyrrole nitrogens is 4. The average Bonchev–Trinajstić information content (AvgIpc) is 1.69. The van der Waals surface area contributed by atoms with Gasteiger partial charge in [0.2, 0.25) is 41.9 Å². The van der Waals surface area contributed by atoms with Gasteiger partial charge in [-0.25, -0.2) is 19.2 Å². The van der Waals surface area contributed by atoms with Crippen LogP contribution in [0.3, 0.4) is 0 Å². The number of benzene rings is 7. The lowest BCUT2D eigenvalue weighted by atomic mass is 9.81. The van der Waals surface area contributed by atoms with Crippen molar-refractivity contribution < 1.29 is 101 Å². The molecule has 3 aliphatic heterocycles. The number of aromatic amines is 4. The SMILES string of the molecule is C.C1CCOC1.C1CCOC1.C1CCOC1.CC(=O)N(C)[C@H](Cc1c[nH]c2ccccc12)C(=O)NC(C)(C)C(=O)O.CC(=O)N(C)[C@H](Cc1c[nH]c2ccccc12)C(=O)NC(C)(C)C(=O)OCc1ccccc1.CC(=O)OC(C)=O.CC(C)(NC(=O)[C@@H](Cc1c[nH]c2ccccc12)NC=O)C(=O)OCc1ccccc1.CN[C@H](Cc1c[nH]c2ccccc12)C(=O)NC(C)(C)C(=O)OCc1ccccc1.CSC.[B].[B].[B].[B][B]. The molecule has 0 bridgehead atoms. The van der Waals surface area contributed by atoms with E-state index in [4.69, 9.17) is 28.4 Å². The first-order valence-corrected chi connectivity index (χ1v) is 48.6. The lowest BCUT2D eigenvalue weighted by Gasteiger charge is -2.31. The number of rotatable bonds is 31. The number of nitrogens with zero attached hydrogens (tertiary/aromatic N) is 2. The number of aromatic nitrogens is 4. The Morgan fingerprint density at radius 3 is 0.864 bits per heavy atom. The summed E-state index contributed by atoms with van der Waals surface area (Å²) in [5.74, 6) is -6.00. The highest BCUT2D eigenvalue weighted by Crippen LogP contribution is 2.27. The van der Waals surface area contributed by atoms with Gasteiger partial charge in [0.1, 0.15) is 60.1 Å². The highest BCUT2D eigenvalue weighted by molar-refractivity contribution is 7.97. The molecule has 3 aliphatic rings. The van der Waals surface area contributed by atoms with E-state index in [0.717, 1.165) is 122 Å². The van der Waals surface area contributed by atoms with E-state index < -0.39 is 99.9 Å². The van der Waals surface area contributed by atoms with Crippen LogP contribution in [0.5, 0.6) is 0 Å². The largest absolute Gasteiger partial charge is 0.480 e. The fourth-order valence-electron chi connectivity index (χ4n) is 14.2. The maximum Gasteiger partial charge on any atom is 0.331 e. The summed E-state index contributed by atoms with van der Waals surface area (Å²) in [5, 5.41) is 29.6. The second kappa shape index (κ2) is 68.8. The number of fused-ring (bicyclic) bond motifs is 4. The van der Waals surface area contributed by atoms with E-state index >= 15 is 0 Å². The molecule has 7 aromatic carbocycles. The smallest absolute Gasteiger partial charge is 0.331 e. The number of thioether (sulfide) groups is 1. The standard InChI is InChI=1S/C25H29N3O4.C23H25N3O4.C23H27N3O3.C18H23N3O4.C4H6O3.3C4H8O.C2H6S.CH4.B2.3B/c1-17(29)28(4)22(14-19-15-26-21-13-9-8-12-20(19)21)23(30)27-25(2,3)24(31)32-16-18-10-6-5-7-11-18;1-23(2,22(29)30-14-16-8-4-3-5-9-16)26-21(28)20(25-15-27)12-17-13-24-19-11-7-6-10-18(17)19;1-23(2,22(28)29-15-16-9-5-4-6-10-16)26-21(27)20(24-3)13-17-14-25-19-12-8-7-11-18(17)19;1-11(22)21(4)15(16(23)20-18(2,3)17(24)25)9-12-10-19-14-8-6-5-7-13(12)14;1-3(5)7-4(2)6;3*1-2-4-5-3-1;1-3-2;;1-2;;;/h5-13,15,22,26H,14,16H2,1-4H3,(H,27,30);3-11,13,15,20,24H,12,14H2,1-2H3,(H,25,27)(H,26,28);4-12,14,20,24-25H,13,15H2,1-3H3,(H,26,27);5-8,10,15,19H,9H2,1-4H3,(H,20,23)(H,24,25);1-2H3;3*1-4H2;1-2H3;1H4;;;;/t22-;2*20-;15-;;;;;;;;;;/m1111........../s1. The number of hydrogen-bond acceptors (Lipinski definition) is 22. The normalized spacial score (nSPS) is 12.7. The second-order valence-electron chi connectivity index (χ2n) is 35.6. The molecule has 14 rings (SSSR count). The van der Waals surface area contributed by atoms with Crippen LogP contribution in [0.25, 0.3) is 43.6 Å². The number of carboxylic acids is 1. The van der Waals surface area contributed by atoms with E-state index in [0.29, 0.717) is 19.3 Å². The Labute approximate surface area is 876 Å². The van der Waals surface area contributed by atoms with Crippen molar-refractivity contribution >= 4 is 174 Å². The third-order valence-corrected chi connectivity index (χ3v) is 22.4. The van der Waals surface area contributed by atoms with Gasteiger partial charge in [-0.2, -0.15) is 11.8 Å². The van der Waals surface area contributed by atoms with Gasteiger partial charge < -0.3 is 99.9 Å². The number of ether oxygens (including phenoxy) is 7. The number of hydrogen-bond donors (Lipinski definition) is 11. The molecule has 33 nitrogen and oxygen atoms in total. The lowest BCUT2D eigenvalue weighted by Crippen LogP contribution is -2.57. The zero-order valence-electron chi connectivity index (χ0n) is 86.8. The average molecular weight is 2030 g/mol. The summed E-state index contributed by atoms with van der Waals surface area (Å²) in [5.41, 5.74) is 5.14. The molecule has 147 heavy (non-hydrogen) atoms. The summed E-state index contributed by atoms with van der Waals surface area (Å²) >= 11 is 1.75. The zero-order chi connectivity index (χ0) is 106. The molecule has 7 amide bonds. The van der Waals surface area contributed by atoms with Gasteiger partial charge in [-0.1, -0.05) is 171 Å². The molecule has 11 aromatic rings. The van der Waals surface area contributed by atoms with Crippen molar-refractivity contribution in [3.05, 3.63) is 252 Å². The third kappa shape index (κ3) is 46.0. The Morgan fingerprint density at radius 1 is 0.395 bits per heavy atom. The molecule has 783 valence electrons. The van der Waals surface area contributed by atoms with E-state index in [1.165, 1.54) is 96.9 Å². The van der Waals surface area contributed by atoms with E-state index in [1.54, 1.807) is 73.6 Å². The molecule has 0 saturated carbocycles. The second-order valence-corrected chi connectivity index (χ2v) is 36.4. The van der Waals surface area contributed by atoms with Crippen LogP contribution in [0.1, 0.15) is 168 Å². The minimum atomic E-state index is -1.42. The van der Waals surface area contributed by atoms with Crippen LogP contribution in [-0.2, 0) is 141 Å². The van der Waals surface area contributed by atoms with Crippen molar-refractivity contribution in [1.82, 2.24) is 61.6 Å². The molecule has 0 aliphatic carbocycles. The molecule has 4 atom stereocenters. The van der Waals surface area contributed by atoms with Crippen LogP contribution in [0.2, 0.25) is 0 Å². The molecular formula is C108H144B5N12O21S. The Morgan fingerprint density at radius 2 is 0.633 bits per heavy atom. The summed E-state index contributed by atoms with van der Waals surface area (Å²) in [4.78, 5) is 171. The maximum absolute atomic E-state index is 13.2. The number of nitrogens with one attached hydrogen (secondary N) is 10. The van der Waals surface area contributed by atoms with E-state index in [2.05, 4.69) is 72.0 Å². The van der Waals surface area contributed by atoms with Gasteiger partial charge >= 0.3 is 35.8 Å². The van der Waals surface area contributed by atoms with Crippen molar-refractivity contribution in [1.29, 1.82) is 0 Å². The third-order valence-electron chi connectivity index (χ3n) is 22.4. The Bertz CT molecular complexity index is 5760. The predicted octanol–water partition coefficient (Wildman–Crippen LogP) is 12.3. The molecule has 3 saturated heterocycles. The Balaban J connectivity index is 0.000000892. The number of likely N-dealkylation sites (N-methyl/N-ethyl adjacent to an activating group) is 3. The van der Waals surface area contributed by atoms with Crippen LogP contribution in [-0.4, -0.2) is 273 Å². The predicted molar refractivity (Wildman–Crippen MR) is 581 cm³/mol. The van der Waals surface area contributed by atoms with Gasteiger partial charge in [0.05, 0.1) is 6.04 Å². The van der Waals surface area contributed by atoms with Crippen LogP contribution < -0.4 is 31.9 Å². The summed E-state index contributed by atoms with van der Waals surface area (Å²) in [6.07, 6.45) is 21.0. The van der Waals surface area contributed by atoms with E-state index in [-0.39, 0.29) is 83.0 Å². The molecule has 4 aromatic heterocycles. The zero-order valence-corrected chi connectivity index (χ0v) is 87.6. The van der Waals surface area contributed by atoms with Crippen LogP contribution in [0, 0.1) is 0 Å². The number of carboxylic acid groups (broad SMARTS) is 1. The van der Waals surface area contributed by atoms with Crippen molar-refractivity contribution in [3.8, 4) is 0 Å². The van der Waals surface area contributed by atoms with Gasteiger partial charge in [-0.15, -0.1) is 0 Å². The topological polar surface area (TPSA) is 449 Å². The van der Waals surface area contributed by atoms with Gasteiger partial charge in [-0.05, 0) is 183 Å². The van der Waals surface area contributed by atoms with E-state index in [9.17, 15) is 67.4 Å². The minimum absolute atomic E-state index is 0. The summed E-state index contributed by atoms with van der Waals surface area (Å²) < 4.78 is 35.0. The molecular weight excluding hydrogens is 1890 g/mol. The molecule has 3 fully saturated rings. The molecule has 0 unspecified atom stereocenters. The van der Waals surface area contributed by atoms with Gasteiger partial charge in [-0.3, -0.25) is 43.2 Å². The molecule has 13 radical (unpaired) electrons. The number of esters is 5. The van der Waals surface area contributed by atoms with Crippen molar-refractivity contribution in [2.75, 3.05) is 73.3 Å². The molecule has 11 N–H and O–H groups in total. The highest BCUT2D eigenvalue weighted by Gasteiger charge is 2.39. The quantitative estimate of drug-likeness (QED) is 0.00632. The first-order chi connectivity index (χ1) is 68.2. The Hall–Kier alpha value is -13.5. The molecule has 7 heterocycles. The van der Waals surface area contributed by atoms with Gasteiger partial charge in [0.25, 0.3) is 0 Å². The fourth-order valence-corrected chi connectivity index (χ4v) is 14.2. The van der Waals surface area contributed by atoms with Crippen LogP contribution >= 0.6 is 11.8 Å². The highest BCUT2D eigenvalue weighted by atomic mass is 32.2. The van der Waals surface area contributed by atoms with Crippen molar-refractivity contribution in [2.45, 2.75) is 221 Å². The number of amides is 7. The van der Waals surface area contributed by atoms with Gasteiger partial charge in [0, 0.05) is 210 Å². The molecule has 39 heteroatoms. The first kappa shape index (κ1) is 132. The number of carbonyl (C=O) groups excluding carboxylic acids is 12. The maximum atomic E-state index is 13.2. The number of carbonyl (C=O) groups is 13. The summed E-state index contributed by atoms with van der Waals surface area (Å²) in [6, 6.07) is 56.3. The van der Waals surface area contributed by atoms with E-state index in [1.807, 2.05) is 219 Å². The Kier molecular flexibility index (Phi) is 61.6. The van der Waals surface area contributed by atoms with Crippen molar-refractivity contribution in [3.63, 3.8) is 0 Å². The lowest BCUT2D eigenvalue weighted by molar-refractivity contribution is -0.157.